The van der Waals surface area contributed by atoms with Gasteiger partial charge in [0.1, 0.15) is 5.84 Å². The fourth-order valence-electron chi connectivity index (χ4n) is 3.05. The first-order chi connectivity index (χ1) is 9.15. The number of amidine groups is 1. The molecule has 0 aromatic rings. The molecule has 110 valence electrons. The molecule has 0 aromatic heterocycles. The molecule has 0 bridgehead atoms. The highest BCUT2D eigenvalue weighted by Gasteiger charge is 2.42. The normalized spacial score (nSPS) is 25.2. The Labute approximate surface area is 116 Å². The molecule has 1 aliphatic carbocycles. The van der Waals surface area contributed by atoms with Gasteiger partial charge in [0.2, 0.25) is 0 Å². The number of nitrogens with zero attached hydrogens (tertiary/aromatic N) is 2. The summed E-state index contributed by atoms with van der Waals surface area (Å²) in [5.41, 5.74) is 5.87. The molecular weight excluding hydrogens is 240 g/mol. The van der Waals surface area contributed by atoms with E-state index in [4.69, 9.17) is 10.9 Å². The third-order valence-corrected chi connectivity index (χ3v) is 4.60. The predicted octanol–water partition coefficient (Wildman–Crippen LogP) is 1.37. The number of nitrogens with one attached hydrogen (secondary N) is 1. The van der Waals surface area contributed by atoms with Gasteiger partial charge in [-0.1, -0.05) is 11.6 Å². The number of likely N-dealkylation sites (tertiary alicyclic amines) is 1. The van der Waals surface area contributed by atoms with Crippen LogP contribution in [0.25, 0.3) is 0 Å². The Morgan fingerprint density at radius 1 is 1.37 bits per heavy atom. The number of piperidine rings is 1. The molecule has 2 aliphatic rings. The predicted molar refractivity (Wildman–Crippen MR) is 77.4 cm³/mol. The van der Waals surface area contributed by atoms with E-state index in [9.17, 15) is 0 Å². The van der Waals surface area contributed by atoms with Gasteiger partial charge in [0.15, 0.2) is 0 Å². The van der Waals surface area contributed by atoms with Crippen molar-refractivity contribution in [2.24, 2.45) is 16.3 Å². The van der Waals surface area contributed by atoms with E-state index in [0.717, 1.165) is 13.1 Å². The van der Waals surface area contributed by atoms with E-state index in [1.54, 1.807) is 0 Å². The second kappa shape index (κ2) is 6.57. The standard InChI is InChI=1S/C14H28N4O/c1-12(18-7-3-2-4-8-18)10-16-11-14(5-6-14)9-13(15)17-19/h12,16,19H,2-11H2,1H3,(H2,15,17). The van der Waals surface area contributed by atoms with Gasteiger partial charge in [0.25, 0.3) is 0 Å². The zero-order valence-electron chi connectivity index (χ0n) is 12.1. The lowest BCUT2D eigenvalue weighted by atomic mass is 10.0. The van der Waals surface area contributed by atoms with E-state index in [2.05, 4.69) is 22.3 Å². The van der Waals surface area contributed by atoms with E-state index >= 15 is 0 Å². The Bertz CT molecular complexity index is 309. The Morgan fingerprint density at radius 2 is 2.05 bits per heavy atom. The van der Waals surface area contributed by atoms with Crippen molar-refractivity contribution >= 4 is 5.84 Å². The molecule has 1 atom stereocenters. The molecule has 19 heavy (non-hydrogen) atoms. The summed E-state index contributed by atoms with van der Waals surface area (Å²) in [6.45, 7) is 6.83. The largest absolute Gasteiger partial charge is 0.409 e. The van der Waals surface area contributed by atoms with Crippen molar-refractivity contribution in [3.05, 3.63) is 0 Å². The zero-order chi connectivity index (χ0) is 13.7. The van der Waals surface area contributed by atoms with Crippen LogP contribution in [0.2, 0.25) is 0 Å². The maximum atomic E-state index is 8.65. The maximum absolute atomic E-state index is 8.65. The van der Waals surface area contributed by atoms with Gasteiger partial charge in [0.05, 0.1) is 0 Å². The quantitative estimate of drug-likeness (QED) is 0.282. The topological polar surface area (TPSA) is 73.9 Å². The van der Waals surface area contributed by atoms with Gasteiger partial charge in [-0.2, -0.15) is 0 Å². The van der Waals surface area contributed by atoms with Gasteiger partial charge in [-0.15, -0.1) is 0 Å². The lowest BCUT2D eigenvalue weighted by molar-refractivity contribution is 0.169. The second-order valence-corrected chi connectivity index (χ2v) is 6.34. The van der Waals surface area contributed by atoms with Gasteiger partial charge in [0, 0.05) is 25.6 Å². The minimum absolute atomic E-state index is 0.262. The Kier molecular flexibility index (Phi) is 5.05. The summed E-state index contributed by atoms with van der Waals surface area (Å²) in [6, 6.07) is 0.611. The van der Waals surface area contributed by atoms with Gasteiger partial charge in [-0.25, -0.2) is 0 Å². The molecular formula is C14H28N4O. The van der Waals surface area contributed by atoms with Crippen molar-refractivity contribution in [3.8, 4) is 0 Å². The van der Waals surface area contributed by atoms with Gasteiger partial charge in [-0.3, -0.25) is 4.90 Å². The molecule has 1 unspecified atom stereocenters. The van der Waals surface area contributed by atoms with E-state index in [-0.39, 0.29) is 5.41 Å². The average Bonchev–Trinajstić information content (AvgIpc) is 3.19. The Balaban J connectivity index is 1.65. The highest BCUT2D eigenvalue weighted by molar-refractivity contribution is 5.80. The molecule has 0 radical (unpaired) electrons. The number of rotatable bonds is 7. The number of oxime groups is 1. The second-order valence-electron chi connectivity index (χ2n) is 6.34. The Morgan fingerprint density at radius 3 is 2.63 bits per heavy atom. The SMILES string of the molecule is CC(CNCC1(CC(N)=NO)CC1)N1CCCCC1. The molecule has 5 nitrogen and oxygen atoms in total. The van der Waals surface area contributed by atoms with Crippen LogP contribution in [0.3, 0.4) is 0 Å². The van der Waals surface area contributed by atoms with Crippen LogP contribution < -0.4 is 11.1 Å². The Hall–Kier alpha value is -0.810. The van der Waals surface area contributed by atoms with Crippen molar-refractivity contribution in [3.63, 3.8) is 0 Å². The summed E-state index contributed by atoms with van der Waals surface area (Å²) in [6.07, 6.45) is 7.17. The van der Waals surface area contributed by atoms with Crippen LogP contribution in [0.1, 0.15) is 45.4 Å². The molecule has 0 aromatic carbocycles. The summed E-state index contributed by atoms with van der Waals surface area (Å²) in [5.74, 6) is 0.364. The monoisotopic (exact) mass is 268 g/mol. The first-order valence-electron chi connectivity index (χ1n) is 7.56. The van der Waals surface area contributed by atoms with Crippen LogP contribution in [0.15, 0.2) is 5.16 Å². The number of hydrogen-bond donors (Lipinski definition) is 3. The van der Waals surface area contributed by atoms with Crippen LogP contribution in [0.4, 0.5) is 0 Å². The molecule has 1 aliphatic heterocycles. The zero-order valence-corrected chi connectivity index (χ0v) is 12.1. The average molecular weight is 268 g/mol. The van der Waals surface area contributed by atoms with Gasteiger partial charge >= 0.3 is 0 Å². The molecule has 0 spiro atoms. The lowest BCUT2D eigenvalue weighted by Gasteiger charge is -2.32. The van der Waals surface area contributed by atoms with Crippen molar-refractivity contribution < 1.29 is 5.21 Å². The first kappa shape index (κ1) is 14.6. The smallest absolute Gasteiger partial charge is 0.139 e. The summed E-state index contributed by atoms with van der Waals surface area (Å²) >= 11 is 0. The summed E-state index contributed by atoms with van der Waals surface area (Å²) in [5, 5.41) is 15.3. The number of hydrogen-bond acceptors (Lipinski definition) is 4. The molecule has 1 saturated carbocycles. The minimum atomic E-state index is 0.262. The van der Waals surface area contributed by atoms with E-state index in [1.165, 1.54) is 45.2 Å². The molecule has 2 rings (SSSR count). The van der Waals surface area contributed by atoms with E-state index < -0.39 is 0 Å². The van der Waals surface area contributed by atoms with Gasteiger partial charge in [-0.05, 0) is 51.1 Å². The molecule has 2 fully saturated rings. The molecule has 1 saturated heterocycles. The van der Waals surface area contributed by atoms with Gasteiger partial charge < -0.3 is 16.3 Å². The highest BCUT2D eigenvalue weighted by Crippen LogP contribution is 2.48. The fourth-order valence-corrected chi connectivity index (χ4v) is 3.05. The van der Waals surface area contributed by atoms with E-state index in [1.807, 2.05) is 0 Å². The summed E-state index contributed by atoms with van der Waals surface area (Å²) < 4.78 is 0. The minimum Gasteiger partial charge on any atom is -0.409 e. The molecule has 1 heterocycles. The van der Waals surface area contributed by atoms with Crippen LogP contribution in [0, 0.1) is 5.41 Å². The third kappa shape index (κ3) is 4.35. The molecule has 5 heteroatoms. The van der Waals surface area contributed by atoms with Crippen molar-refractivity contribution in [1.82, 2.24) is 10.2 Å². The van der Waals surface area contributed by atoms with E-state index in [0.29, 0.717) is 18.3 Å². The molecule has 4 N–H and O–H groups in total. The number of nitrogens with two attached hydrogens (primary N) is 1. The fraction of sp³-hybridized carbons (Fsp3) is 0.929. The first-order valence-corrected chi connectivity index (χ1v) is 7.56. The summed E-state index contributed by atoms with van der Waals surface area (Å²) in [7, 11) is 0. The van der Waals surface area contributed by atoms with Crippen LogP contribution in [-0.4, -0.2) is 48.2 Å². The molecule has 0 amide bonds. The van der Waals surface area contributed by atoms with Crippen LogP contribution in [-0.2, 0) is 0 Å². The van der Waals surface area contributed by atoms with Crippen LogP contribution >= 0.6 is 0 Å². The maximum Gasteiger partial charge on any atom is 0.139 e. The third-order valence-electron chi connectivity index (χ3n) is 4.60. The highest BCUT2D eigenvalue weighted by atomic mass is 16.4. The van der Waals surface area contributed by atoms with Crippen LogP contribution in [0.5, 0.6) is 0 Å². The summed E-state index contributed by atoms with van der Waals surface area (Å²) in [4.78, 5) is 2.58. The lowest BCUT2D eigenvalue weighted by Crippen LogP contribution is -2.44. The van der Waals surface area contributed by atoms with Crippen molar-refractivity contribution in [2.45, 2.75) is 51.5 Å². The van der Waals surface area contributed by atoms with Crippen molar-refractivity contribution in [1.29, 1.82) is 0 Å². The van der Waals surface area contributed by atoms with Crippen molar-refractivity contribution in [2.75, 3.05) is 26.2 Å².